The number of piperidine rings is 1. The van der Waals surface area contributed by atoms with Crippen molar-refractivity contribution in [2.24, 2.45) is 5.41 Å². The van der Waals surface area contributed by atoms with Crippen LogP contribution in [0.3, 0.4) is 0 Å². The second kappa shape index (κ2) is 2.06. The summed E-state index contributed by atoms with van der Waals surface area (Å²) in [7, 11) is 0. The molecule has 1 unspecified atom stereocenters. The molecule has 0 bridgehead atoms. The van der Waals surface area contributed by atoms with Crippen molar-refractivity contribution in [1.29, 1.82) is 0 Å². The average molecular weight is 218 g/mol. The van der Waals surface area contributed by atoms with Gasteiger partial charge in [-0.2, -0.15) is 0 Å². The Morgan fingerprint density at radius 3 is 2.64 bits per heavy atom. The summed E-state index contributed by atoms with van der Waals surface area (Å²) in [5.74, 6) is -0.259. The van der Waals surface area contributed by atoms with Gasteiger partial charge in [-0.15, -0.1) is 0 Å². The van der Waals surface area contributed by atoms with Gasteiger partial charge in [0.1, 0.15) is 0 Å². The molecule has 3 nitrogen and oxygen atoms in total. The Labute approximate surface area is 72.7 Å². The third-order valence-corrected chi connectivity index (χ3v) is 3.17. The molecular weight excluding hydrogens is 210 g/mol. The zero-order valence-electron chi connectivity index (χ0n) is 5.89. The molecule has 1 saturated carbocycles. The van der Waals surface area contributed by atoms with Crippen LogP contribution in [0, 0.1) is 5.41 Å². The van der Waals surface area contributed by atoms with Crippen LogP contribution < -0.4 is 5.32 Å². The minimum atomic E-state index is -0.187. The van der Waals surface area contributed by atoms with Gasteiger partial charge in [0.2, 0.25) is 11.8 Å². The van der Waals surface area contributed by atoms with E-state index in [2.05, 4.69) is 21.2 Å². The largest absolute Gasteiger partial charge is 0.295 e. The first-order chi connectivity index (χ1) is 5.14. The van der Waals surface area contributed by atoms with Crippen LogP contribution in [0.25, 0.3) is 0 Å². The van der Waals surface area contributed by atoms with Crippen LogP contribution in [0.1, 0.15) is 19.3 Å². The van der Waals surface area contributed by atoms with Crippen LogP contribution in [0.4, 0.5) is 0 Å². The normalized spacial score (nSPS) is 33.7. The van der Waals surface area contributed by atoms with Crippen molar-refractivity contribution in [2.75, 3.05) is 0 Å². The number of imide groups is 1. The molecular formula is C7H8BrNO2. The van der Waals surface area contributed by atoms with E-state index in [9.17, 15) is 9.59 Å². The van der Waals surface area contributed by atoms with Crippen molar-refractivity contribution in [1.82, 2.24) is 5.32 Å². The Morgan fingerprint density at radius 2 is 2.09 bits per heavy atom. The second-order valence-electron chi connectivity index (χ2n) is 3.27. The highest BCUT2D eigenvalue weighted by atomic mass is 79.9. The molecule has 2 aliphatic rings. The molecule has 4 heteroatoms. The van der Waals surface area contributed by atoms with Gasteiger partial charge in [-0.3, -0.25) is 14.9 Å². The van der Waals surface area contributed by atoms with Gasteiger partial charge >= 0.3 is 0 Å². The molecule has 0 aromatic rings. The summed E-state index contributed by atoms with van der Waals surface area (Å²) in [5, 5.41) is 2.36. The highest BCUT2D eigenvalue weighted by molar-refractivity contribution is 9.10. The number of carbonyl (C=O) groups excluding carboxylic acids is 2. The third-order valence-electron chi connectivity index (χ3n) is 2.43. The maximum atomic E-state index is 11.2. The lowest BCUT2D eigenvalue weighted by atomic mass is 9.95. The number of amides is 2. The fourth-order valence-electron chi connectivity index (χ4n) is 1.43. The molecule has 1 saturated heterocycles. The Balaban J connectivity index is 2.18. The minimum Gasteiger partial charge on any atom is -0.295 e. The molecule has 1 aliphatic heterocycles. The quantitative estimate of drug-likeness (QED) is 0.477. The number of carbonyl (C=O) groups is 2. The summed E-state index contributed by atoms with van der Waals surface area (Å²) < 4.78 is 0. The van der Waals surface area contributed by atoms with Crippen molar-refractivity contribution in [3.05, 3.63) is 0 Å². The molecule has 2 amide bonds. The Kier molecular flexibility index (Phi) is 1.36. The molecule has 1 aliphatic carbocycles. The lowest BCUT2D eigenvalue weighted by Gasteiger charge is -2.23. The molecule has 2 rings (SSSR count). The average Bonchev–Trinajstić information content (AvgIpc) is 2.66. The molecule has 1 atom stereocenters. The van der Waals surface area contributed by atoms with Crippen molar-refractivity contribution in [3.63, 3.8) is 0 Å². The molecule has 11 heavy (non-hydrogen) atoms. The molecule has 2 fully saturated rings. The van der Waals surface area contributed by atoms with Crippen LogP contribution in [0.2, 0.25) is 0 Å². The summed E-state index contributed by atoms with van der Waals surface area (Å²) in [6, 6.07) is 0. The van der Waals surface area contributed by atoms with Crippen molar-refractivity contribution < 1.29 is 9.59 Å². The minimum absolute atomic E-state index is 0.0711. The van der Waals surface area contributed by atoms with Gasteiger partial charge in [0.15, 0.2) is 0 Å². The summed E-state index contributed by atoms with van der Waals surface area (Å²) in [6.07, 6.45) is 2.56. The fourth-order valence-corrected chi connectivity index (χ4v) is 2.17. The fraction of sp³-hybridized carbons (Fsp3) is 0.714. The lowest BCUT2D eigenvalue weighted by molar-refractivity contribution is -0.136. The number of hydrogen-bond donors (Lipinski definition) is 1. The number of rotatable bonds is 0. The van der Waals surface area contributed by atoms with E-state index in [1.54, 1.807) is 0 Å². The van der Waals surface area contributed by atoms with E-state index in [1.165, 1.54) is 0 Å². The number of halogens is 1. The van der Waals surface area contributed by atoms with Gasteiger partial charge in [-0.1, -0.05) is 15.9 Å². The van der Waals surface area contributed by atoms with Gasteiger partial charge in [0.05, 0.1) is 10.2 Å². The molecule has 0 radical (unpaired) electrons. The molecule has 0 aromatic carbocycles. The zero-order chi connectivity index (χ0) is 8.06. The second-order valence-corrected chi connectivity index (χ2v) is 4.38. The van der Waals surface area contributed by atoms with Gasteiger partial charge < -0.3 is 0 Å². The van der Waals surface area contributed by atoms with Crippen molar-refractivity contribution in [2.45, 2.75) is 24.1 Å². The molecule has 0 aromatic heterocycles. The van der Waals surface area contributed by atoms with Crippen LogP contribution in [-0.2, 0) is 9.59 Å². The van der Waals surface area contributed by atoms with Crippen molar-refractivity contribution >= 4 is 27.7 Å². The third kappa shape index (κ3) is 1.00. The maximum Gasteiger partial charge on any atom is 0.240 e. The molecule has 1 N–H and O–H groups in total. The summed E-state index contributed by atoms with van der Waals surface area (Å²) >= 11 is 3.23. The topological polar surface area (TPSA) is 46.2 Å². The van der Waals surface area contributed by atoms with E-state index in [1.807, 2.05) is 0 Å². The summed E-state index contributed by atoms with van der Waals surface area (Å²) in [4.78, 5) is 22.0. The Bertz CT molecular complexity index is 235. The lowest BCUT2D eigenvalue weighted by Crippen LogP contribution is -2.47. The van der Waals surface area contributed by atoms with Gasteiger partial charge in [-0.25, -0.2) is 0 Å². The van der Waals surface area contributed by atoms with E-state index in [0.717, 1.165) is 12.8 Å². The molecule has 1 spiro atoms. The Morgan fingerprint density at radius 1 is 1.45 bits per heavy atom. The predicted octanol–water partition coefficient (Wildman–Crippen LogP) is 0.577. The van der Waals surface area contributed by atoms with Crippen LogP contribution in [-0.4, -0.2) is 16.6 Å². The van der Waals surface area contributed by atoms with E-state index in [4.69, 9.17) is 0 Å². The van der Waals surface area contributed by atoms with E-state index < -0.39 is 0 Å². The van der Waals surface area contributed by atoms with Crippen LogP contribution in [0.15, 0.2) is 0 Å². The van der Waals surface area contributed by atoms with E-state index >= 15 is 0 Å². The van der Waals surface area contributed by atoms with Crippen LogP contribution in [0.5, 0.6) is 0 Å². The molecule has 60 valence electrons. The SMILES string of the molecule is O=C1NC(=O)C2(CC2)CC1Br. The molecule has 1 heterocycles. The van der Waals surface area contributed by atoms with Gasteiger partial charge in [0, 0.05) is 0 Å². The highest BCUT2D eigenvalue weighted by Gasteiger charge is 2.54. The number of nitrogens with one attached hydrogen (secondary N) is 1. The first kappa shape index (κ1) is 7.28. The summed E-state index contributed by atoms with van der Waals surface area (Å²) in [5.41, 5.74) is -0.178. The standard InChI is InChI=1S/C7H8BrNO2/c8-4-3-7(1-2-7)6(11)9-5(4)10/h4H,1-3H2,(H,9,10,11). The number of hydrogen-bond acceptors (Lipinski definition) is 2. The highest BCUT2D eigenvalue weighted by Crippen LogP contribution is 2.52. The van der Waals surface area contributed by atoms with Gasteiger partial charge in [0.25, 0.3) is 0 Å². The monoisotopic (exact) mass is 217 g/mol. The first-order valence-corrected chi connectivity index (χ1v) is 4.55. The first-order valence-electron chi connectivity index (χ1n) is 3.63. The van der Waals surface area contributed by atoms with E-state index in [-0.39, 0.29) is 22.1 Å². The van der Waals surface area contributed by atoms with Crippen LogP contribution >= 0.6 is 15.9 Å². The smallest absolute Gasteiger partial charge is 0.240 e. The zero-order valence-corrected chi connectivity index (χ0v) is 7.48. The predicted molar refractivity (Wildman–Crippen MR) is 42.1 cm³/mol. The maximum absolute atomic E-state index is 11.2. The van der Waals surface area contributed by atoms with Gasteiger partial charge in [-0.05, 0) is 19.3 Å². The summed E-state index contributed by atoms with van der Waals surface area (Å²) in [6.45, 7) is 0. The van der Waals surface area contributed by atoms with Crippen molar-refractivity contribution in [3.8, 4) is 0 Å². The number of alkyl halides is 1. The van der Waals surface area contributed by atoms with E-state index in [0.29, 0.717) is 6.42 Å². The Hall–Kier alpha value is -0.380.